The van der Waals surface area contributed by atoms with Crippen molar-refractivity contribution < 1.29 is 13.2 Å². The van der Waals surface area contributed by atoms with Crippen LogP contribution in [0.3, 0.4) is 0 Å². The summed E-state index contributed by atoms with van der Waals surface area (Å²) in [5, 5.41) is 6.60. The second-order valence-electron chi connectivity index (χ2n) is 8.95. The second kappa shape index (κ2) is 11.3. The molecule has 11 heteroatoms. The van der Waals surface area contributed by atoms with E-state index in [-0.39, 0.29) is 5.02 Å². The van der Waals surface area contributed by atoms with E-state index in [0.29, 0.717) is 34.8 Å². The van der Waals surface area contributed by atoms with Crippen molar-refractivity contribution >= 4 is 50.5 Å². The van der Waals surface area contributed by atoms with Crippen LogP contribution in [-0.4, -0.2) is 56.8 Å². The lowest BCUT2D eigenvalue weighted by Crippen LogP contribution is -2.18. The molecule has 2 aromatic carbocycles. The lowest BCUT2D eigenvalue weighted by Gasteiger charge is -2.18. The third kappa shape index (κ3) is 6.77. The lowest BCUT2D eigenvalue weighted by molar-refractivity contribution is 0.347. The summed E-state index contributed by atoms with van der Waals surface area (Å²) in [5.74, 6) is 1.86. The third-order valence-electron chi connectivity index (χ3n) is 6.11. The Labute approximate surface area is 217 Å². The van der Waals surface area contributed by atoms with Crippen molar-refractivity contribution in [3.8, 4) is 5.75 Å². The molecule has 0 bridgehead atoms. The van der Waals surface area contributed by atoms with E-state index in [1.54, 1.807) is 31.4 Å². The summed E-state index contributed by atoms with van der Waals surface area (Å²) in [6, 6.07) is 13.1. The van der Waals surface area contributed by atoms with Crippen LogP contribution in [0.2, 0.25) is 5.02 Å². The van der Waals surface area contributed by atoms with Gasteiger partial charge in [-0.1, -0.05) is 29.8 Å². The van der Waals surface area contributed by atoms with E-state index in [1.807, 2.05) is 6.07 Å². The van der Waals surface area contributed by atoms with Gasteiger partial charge in [-0.25, -0.2) is 13.4 Å². The van der Waals surface area contributed by atoms with Gasteiger partial charge in [-0.2, -0.15) is 4.98 Å². The minimum absolute atomic E-state index is 0.287. The van der Waals surface area contributed by atoms with E-state index in [2.05, 4.69) is 49.4 Å². The molecule has 0 saturated carbocycles. The predicted molar refractivity (Wildman–Crippen MR) is 146 cm³/mol. The van der Waals surface area contributed by atoms with Crippen LogP contribution in [-0.2, 0) is 10.0 Å². The van der Waals surface area contributed by atoms with E-state index in [9.17, 15) is 8.42 Å². The summed E-state index contributed by atoms with van der Waals surface area (Å²) in [4.78, 5) is 11.2. The molecule has 1 aromatic heterocycles. The van der Waals surface area contributed by atoms with Crippen molar-refractivity contribution in [2.24, 2.45) is 0 Å². The topological polar surface area (TPSA) is 108 Å². The fourth-order valence-electron chi connectivity index (χ4n) is 4.28. The Balaban J connectivity index is 1.55. The number of benzene rings is 2. The van der Waals surface area contributed by atoms with Crippen molar-refractivity contribution in [3.05, 3.63) is 59.2 Å². The molecule has 0 aliphatic carbocycles. The molecule has 1 atom stereocenters. The summed E-state index contributed by atoms with van der Waals surface area (Å²) in [6.07, 6.45) is 6.04. The monoisotopic (exact) mass is 530 g/mol. The van der Waals surface area contributed by atoms with Crippen LogP contribution in [0.15, 0.2) is 48.7 Å². The highest BCUT2D eigenvalue weighted by molar-refractivity contribution is 7.92. The van der Waals surface area contributed by atoms with E-state index in [1.165, 1.54) is 18.2 Å². The molecule has 1 aliphatic rings. The zero-order valence-electron chi connectivity index (χ0n) is 20.6. The van der Waals surface area contributed by atoms with E-state index in [0.717, 1.165) is 37.9 Å². The Hall–Kier alpha value is -3.08. The second-order valence-corrected chi connectivity index (χ2v) is 11.1. The van der Waals surface area contributed by atoms with Crippen molar-refractivity contribution in [3.63, 3.8) is 0 Å². The smallest absolute Gasteiger partial charge is 0.229 e. The molecule has 1 unspecified atom stereocenters. The van der Waals surface area contributed by atoms with Crippen LogP contribution in [0, 0.1) is 0 Å². The Kier molecular flexibility index (Phi) is 8.17. The SMILES string of the molecule is COc1cc(C2CCCN(C)CC2)ccc1Nc1ncc(Cl)c(Nc2ccccc2NS(C)(=O)=O)n1. The number of sulfonamides is 1. The Morgan fingerprint density at radius 3 is 2.58 bits per heavy atom. The number of likely N-dealkylation sites (tertiary alicyclic amines) is 1. The summed E-state index contributed by atoms with van der Waals surface area (Å²) < 4.78 is 31.6. The molecule has 3 N–H and O–H groups in total. The van der Waals surface area contributed by atoms with Crippen LogP contribution in [0.1, 0.15) is 30.7 Å². The van der Waals surface area contributed by atoms with E-state index < -0.39 is 10.0 Å². The van der Waals surface area contributed by atoms with Gasteiger partial charge in [-0.3, -0.25) is 4.72 Å². The van der Waals surface area contributed by atoms with Gasteiger partial charge >= 0.3 is 0 Å². The number of nitrogens with one attached hydrogen (secondary N) is 3. The maximum atomic E-state index is 11.7. The van der Waals surface area contributed by atoms with Crippen LogP contribution in [0.4, 0.5) is 28.8 Å². The van der Waals surface area contributed by atoms with Gasteiger partial charge in [-0.15, -0.1) is 0 Å². The molecule has 36 heavy (non-hydrogen) atoms. The third-order valence-corrected chi connectivity index (χ3v) is 6.98. The number of ether oxygens (including phenoxy) is 1. The average molecular weight is 531 g/mol. The van der Waals surface area contributed by atoms with Crippen molar-refractivity contribution in [1.29, 1.82) is 0 Å². The standard InChI is InChI=1S/C25H31ClN6O3S/c1-32-13-6-7-17(12-14-32)18-10-11-22(23(15-18)35-2)29-25-27-16-19(26)24(30-25)28-20-8-4-5-9-21(20)31-36(3,33)34/h4-5,8-11,15-17,31H,6-7,12-14H2,1-3H3,(H2,27,28,29,30). The molecule has 0 spiro atoms. The number of aromatic nitrogens is 2. The number of halogens is 1. The number of para-hydroxylation sites is 2. The number of methoxy groups -OCH3 is 1. The first-order chi connectivity index (χ1) is 17.2. The van der Waals surface area contributed by atoms with E-state index >= 15 is 0 Å². The highest BCUT2D eigenvalue weighted by Crippen LogP contribution is 2.35. The molecule has 1 aliphatic heterocycles. The normalized spacial score (nSPS) is 16.7. The zero-order chi connectivity index (χ0) is 25.7. The van der Waals surface area contributed by atoms with Gasteiger partial charge in [0.25, 0.3) is 0 Å². The summed E-state index contributed by atoms with van der Waals surface area (Å²) in [6.45, 7) is 2.22. The zero-order valence-corrected chi connectivity index (χ0v) is 22.2. The fraction of sp³-hybridized carbons (Fsp3) is 0.360. The molecule has 0 radical (unpaired) electrons. The van der Waals surface area contributed by atoms with Gasteiger partial charge in [0.2, 0.25) is 16.0 Å². The minimum Gasteiger partial charge on any atom is -0.495 e. The lowest BCUT2D eigenvalue weighted by atomic mass is 9.91. The van der Waals surface area contributed by atoms with Crippen LogP contribution >= 0.6 is 11.6 Å². The Morgan fingerprint density at radius 1 is 1.06 bits per heavy atom. The number of hydrogen-bond donors (Lipinski definition) is 3. The Bertz CT molecular complexity index is 1320. The molecular formula is C25H31ClN6O3S. The summed E-state index contributed by atoms with van der Waals surface area (Å²) in [7, 11) is 0.358. The van der Waals surface area contributed by atoms with Crippen molar-refractivity contribution in [2.75, 3.05) is 48.9 Å². The van der Waals surface area contributed by atoms with Crippen LogP contribution in [0.25, 0.3) is 0 Å². The maximum absolute atomic E-state index is 11.7. The maximum Gasteiger partial charge on any atom is 0.229 e. The highest BCUT2D eigenvalue weighted by atomic mass is 35.5. The van der Waals surface area contributed by atoms with Gasteiger partial charge in [-0.05, 0) is 75.1 Å². The molecule has 1 saturated heterocycles. The van der Waals surface area contributed by atoms with Crippen molar-refractivity contribution in [1.82, 2.24) is 14.9 Å². The predicted octanol–water partition coefficient (Wildman–Crippen LogP) is 5.20. The quantitative estimate of drug-likeness (QED) is 0.365. The molecule has 1 fully saturated rings. The van der Waals surface area contributed by atoms with Gasteiger partial charge in [0, 0.05) is 0 Å². The summed E-state index contributed by atoms with van der Waals surface area (Å²) in [5.41, 5.74) is 2.89. The van der Waals surface area contributed by atoms with Gasteiger partial charge in [0.05, 0.1) is 36.6 Å². The van der Waals surface area contributed by atoms with Gasteiger partial charge < -0.3 is 20.3 Å². The molecule has 4 rings (SSSR count). The first-order valence-corrected chi connectivity index (χ1v) is 14.0. The van der Waals surface area contributed by atoms with Gasteiger partial charge in [0.15, 0.2) is 5.82 Å². The number of hydrogen-bond acceptors (Lipinski definition) is 8. The molecule has 2 heterocycles. The van der Waals surface area contributed by atoms with Crippen LogP contribution in [0.5, 0.6) is 5.75 Å². The minimum atomic E-state index is -3.46. The fourth-order valence-corrected chi connectivity index (χ4v) is 5.00. The molecular weight excluding hydrogens is 500 g/mol. The first kappa shape index (κ1) is 26.0. The van der Waals surface area contributed by atoms with Gasteiger partial charge in [0.1, 0.15) is 10.8 Å². The largest absolute Gasteiger partial charge is 0.495 e. The average Bonchev–Trinajstić information content (AvgIpc) is 3.06. The highest BCUT2D eigenvalue weighted by Gasteiger charge is 2.19. The molecule has 0 amide bonds. The van der Waals surface area contributed by atoms with Crippen LogP contribution < -0.4 is 20.1 Å². The van der Waals surface area contributed by atoms with E-state index in [4.69, 9.17) is 16.3 Å². The Morgan fingerprint density at radius 2 is 1.83 bits per heavy atom. The summed E-state index contributed by atoms with van der Waals surface area (Å²) >= 11 is 6.34. The number of nitrogens with zero attached hydrogens (tertiary/aromatic N) is 3. The number of rotatable bonds is 8. The first-order valence-electron chi connectivity index (χ1n) is 11.7. The molecule has 3 aromatic rings. The molecule has 9 nitrogen and oxygen atoms in total. The molecule has 192 valence electrons. The van der Waals surface area contributed by atoms with Crippen molar-refractivity contribution in [2.45, 2.75) is 25.2 Å². The number of anilines is 5.